The fourth-order valence-corrected chi connectivity index (χ4v) is 4.51. The van der Waals surface area contributed by atoms with Crippen LogP contribution in [0.2, 0.25) is 0 Å². The Morgan fingerprint density at radius 3 is 2.84 bits per heavy atom. The number of aromatic nitrogens is 1. The maximum atomic E-state index is 6.30. The normalized spacial score (nSPS) is 26.4. The van der Waals surface area contributed by atoms with E-state index in [-0.39, 0.29) is 5.60 Å². The van der Waals surface area contributed by atoms with Crippen molar-refractivity contribution in [3.05, 3.63) is 29.6 Å². The minimum absolute atomic E-state index is 0.124. The van der Waals surface area contributed by atoms with Crippen molar-refractivity contribution < 1.29 is 9.47 Å². The van der Waals surface area contributed by atoms with Crippen LogP contribution in [0, 0.1) is 18.8 Å². The molecule has 1 aromatic rings. The van der Waals surface area contributed by atoms with Gasteiger partial charge in [-0.05, 0) is 69.4 Å². The molecule has 0 bridgehead atoms. The topological polar surface area (TPSA) is 34.6 Å². The van der Waals surface area contributed by atoms with Crippen molar-refractivity contribution in [3.8, 4) is 0 Å². The summed E-state index contributed by atoms with van der Waals surface area (Å²) in [5, 5.41) is 0. The Balaban J connectivity index is 1.25. The number of rotatable bonds is 7. The number of pyridine rings is 1. The van der Waals surface area contributed by atoms with E-state index >= 15 is 0 Å². The van der Waals surface area contributed by atoms with E-state index in [1.807, 2.05) is 0 Å². The van der Waals surface area contributed by atoms with E-state index in [4.69, 9.17) is 9.47 Å². The lowest BCUT2D eigenvalue weighted by Crippen LogP contribution is -2.47. The van der Waals surface area contributed by atoms with Gasteiger partial charge in [0.1, 0.15) is 0 Å². The van der Waals surface area contributed by atoms with Crippen LogP contribution in [0.1, 0.15) is 49.9 Å². The van der Waals surface area contributed by atoms with Crippen LogP contribution >= 0.6 is 0 Å². The summed E-state index contributed by atoms with van der Waals surface area (Å²) in [6.45, 7) is 8.11. The summed E-state index contributed by atoms with van der Waals surface area (Å²) in [5.41, 5.74) is 2.42. The molecule has 4 heteroatoms. The number of ether oxygens (including phenoxy) is 2. The molecule has 2 aliphatic heterocycles. The molecule has 1 aliphatic carbocycles. The average Bonchev–Trinajstić information content (AvgIpc) is 3.36. The van der Waals surface area contributed by atoms with Crippen LogP contribution in [0.15, 0.2) is 18.2 Å². The Morgan fingerprint density at radius 1 is 1.24 bits per heavy atom. The van der Waals surface area contributed by atoms with E-state index in [2.05, 4.69) is 35.0 Å². The van der Waals surface area contributed by atoms with Crippen molar-refractivity contribution in [3.63, 3.8) is 0 Å². The van der Waals surface area contributed by atoms with E-state index in [1.165, 1.54) is 31.4 Å². The molecule has 0 aromatic carbocycles. The summed E-state index contributed by atoms with van der Waals surface area (Å²) in [7, 11) is 0. The van der Waals surface area contributed by atoms with Crippen molar-refractivity contribution in [1.29, 1.82) is 0 Å². The molecule has 25 heavy (non-hydrogen) atoms. The predicted octanol–water partition coefficient (Wildman–Crippen LogP) is 3.58. The van der Waals surface area contributed by atoms with Crippen molar-refractivity contribution in [2.45, 2.75) is 57.6 Å². The van der Waals surface area contributed by atoms with Gasteiger partial charge in [-0.25, -0.2) is 0 Å². The molecule has 1 atom stereocenters. The van der Waals surface area contributed by atoms with Crippen molar-refractivity contribution in [2.24, 2.45) is 11.8 Å². The molecule has 3 fully saturated rings. The molecule has 1 aromatic heterocycles. The molecular weight excluding hydrogens is 312 g/mol. The second kappa shape index (κ2) is 7.73. The number of likely N-dealkylation sites (tertiary alicyclic amines) is 1. The van der Waals surface area contributed by atoms with Crippen LogP contribution in [0.4, 0.5) is 0 Å². The lowest BCUT2D eigenvalue weighted by Gasteiger charge is -2.42. The summed E-state index contributed by atoms with van der Waals surface area (Å²) in [6.07, 6.45) is 7.46. The number of piperidine rings is 1. The number of hydrogen-bond donors (Lipinski definition) is 0. The number of nitrogens with zero attached hydrogens (tertiary/aromatic N) is 2. The van der Waals surface area contributed by atoms with Gasteiger partial charge in [0.25, 0.3) is 0 Å². The van der Waals surface area contributed by atoms with Crippen LogP contribution in [-0.4, -0.2) is 48.4 Å². The molecule has 138 valence electrons. The molecule has 1 saturated carbocycles. The zero-order valence-electron chi connectivity index (χ0n) is 15.6. The fraction of sp³-hybridized carbons (Fsp3) is 0.762. The highest BCUT2D eigenvalue weighted by atomic mass is 16.5. The monoisotopic (exact) mass is 344 g/mol. The maximum absolute atomic E-state index is 6.30. The van der Waals surface area contributed by atoms with Gasteiger partial charge < -0.3 is 9.47 Å². The van der Waals surface area contributed by atoms with Gasteiger partial charge in [-0.3, -0.25) is 9.88 Å². The van der Waals surface area contributed by atoms with Gasteiger partial charge >= 0.3 is 0 Å². The van der Waals surface area contributed by atoms with Crippen molar-refractivity contribution >= 4 is 0 Å². The number of aryl methyl sites for hydroxylation is 1. The largest absolute Gasteiger partial charge is 0.381 e. The highest BCUT2D eigenvalue weighted by molar-refractivity contribution is 5.10. The molecule has 0 amide bonds. The van der Waals surface area contributed by atoms with Gasteiger partial charge in [-0.15, -0.1) is 0 Å². The van der Waals surface area contributed by atoms with Gasteiger partial charge in [0, 0.05) is 45.1 Å². The molecule has 4 rings (SSSR count). The molecule has 0 unspecified atom stereocenters. The van der Waals surface area contributed by atoms with E-state index in [1.54, 1.807) is 0 Å². The third-order valence-corrected chi connectivity index (χ3v) is 6.29. The van der Waals surface area contributed by atoms with E-state index in [0.717, 1.165) is 63.9 Å². The smallest absolute Gasteiger partial charge is 0.0736 e. The third kappa shape index (κ3) is 4.42. The van der Waals surface area contributed by atoms with Crippen molar-refractivity contribution in [1.82, 2.24) is 9.88 Å². The minimum Gasteiger partial charge on any atom is -0.381 e. The Morgan fingerprint density at radius 2 is 2.08 bits per heavy atom. The van der Waals surface area contributed by atoms with Crippen LogP contribution < -0.4 is 0 Å². The van der Waals surface area contributed by atoms with E-state index in [0.29, 0.717) is 5.92 Å². The van der Waals surface area contributed by atoms with Gasteiger partial charge in [0.2, 0.25) is 0 Å². The zero-order chi connectivity index (χ0) is 17.1. The third-order valence-electron chi connectivity index (χ3n) is 6.29. The quantitative estimate of drug-likeness (QED) is 0.708. The fourth-order valence-electron chi connectivity index (χ4n) is 4.51. The van der Waals surface area contributed by atoms with E-state index in [9.17, 15) is 0 Å². The standard InChI is InChI=1S/C21H32N2O2/c1-17-3-2-4-20(22-17)15-23-11-9-21(10-12-23)19(8-14-25-21)7-13-24-16-18-5-6-18/h2-4,18-19H,5-16H2,1H3/t19-/m0/s1. The molecule has 4 nitrogen and oxygen atoms in total. The second-order valence-electron chi connectivity index (χ2n) is 8.25. The summed E-state index contributed by atoms with van der Waals surface area (Å²) < 4.78 is 12.2. The summed E-state index contributed by atoms with van der Waals surface area (Å²) in [5.74, 6) is 1.55. The lowest BCUT2D eigenvalue weighted by atomic mass is 9.78. The Bertz CT molecular complexity index is 565. The summed E-state index contributed by atoms with van der Waals surface area (Å²) in [6, 6.07) is 6.32. The first kappa shape index (κ1) is 17.4. The summed E-state index contributed by atoms with van der Waals surface area (Å²) >= 11 is 0. The molecular formula is C21H32N2O2. The highest BCUT2D eigenvalue weighted by Crippen LogP contribution is 2.42. The van der Waals surface area contributed by atoms with Crippen molar-refractivity contribution in [2.75, 3.05) is 32.9 Å². The molecule has 1 spiro atoms. The molecule has 2 saturated heterocycles. The maximum Gasteiger partial charge on any atom is 0.0736 e. The van der Waals surface area contributed by atoms with Gasteiger partial charge in [0.05, 0.1) is 11.3 Å². The Labute approximate surface area is 151 Å². The summed E-state index contributed by atoms with van der Waals surface area (Å²) in [4.78, 5) is 7.19. The minimum atomic E-state index is 0.124. The molecule has 0 N–H and O–H groups in total. The average molecular weight is 344 g/mol. The lowest BCUT2D eigenvalue weighted by molar-refractivity contribution is -0.0732. The SMILES string of the molecule is Cc1cccc(CN2CCC3(CC2)OCC[C@@H]3CCOCC2CC2)n1. The predicted molar refractivity (Wildman–Crippen MR) is 98.4 cm³/mol. The molecule has 3 heterocycles. The first-order chi connectivity index (χ1) is 12.2. The zero-order valence-corrected chi connectivity index (χ0v) is 15.6. The second-order valence-corrected chi connectivity index (χ2v) is 8.25. The molecule has 0 radical (unpaired) electrons. The van der Waals surface area contributed by atoms with Crippen LogP contribution in [0.25, 0.3) is 0 Å². The van der Waals surface area contributed by atoms with Gasteiger partial charge in [-0.2, -0.15) is 0 Å². The Hall–Kier alpha value is -0.970. The molecule has 3 aliphatic rings. The Kier molecular flexibility index (Phi) is 5.39. The van der Waals surface area contributed by atoms with Gasteiger partial charge in [-0.1, -0.05) is 6.07 Å². The highest BCUT2D eigenvalue weighted by Gasteiger charge is 2.45. The first-order valence-electron chi connectivity index (χ1n) is 10.1. The van der Waals surface area contributed by atoms with Gasteiger partial charge in [0.15, 0.2) is 0 Å². The first-order valence-corrected chi connectivity index (χ1v) is 10.1. The van der Waals surface area contributed by atoms with Crippen LogP contribution in [0.5, 0.6) is 0 Å². The number of hydrogen-bond acceptors (Lipinski definition) is 4. The van der Waals surface area contributed by atoms with Crippen LogP contribution in [0.3, 0.4) is 0 Å². The van der Waals surface area contributed by atoms with Crippen LogP contribution in [-0.2, 0) is 16.0 Å². The van der Waals surface area contributed by atoms with E-state index < -0.39 is 0 Å².